The lowest BCUT2D eigenvalue weighted by Crippen LogP contribution is -2.54. The van der Waals surface area contributed by atoms with Gasteiger partial charge in [0.05, 0.1) is 17.2 Å². The molecule has 5 N–H and O–H groups in total. The average molecular weight is 522 g/mol. The van der Waals surface area contributed by atoms with E-state index in [9.17, 15) is 24.0 Å². The summed E-state index contributed by atoms with van der Waals surface area (Å²) in [6.07, 6.45) is 0.748. The number of nitrogens with two attached hydrogens (primary N) is 1. The number of carbonyl (C=O) groups excluding carboxylic acids is 5. The summed E-state index contributed by atoms with van der Waals surface area (Å²) in [4.78, 5) is 62.7. The number of amides is 5. The van der Waals surface area contributed by atoms with Crippen molar-refractivity contribution in [3.63, 3.8) is 0 Å². The molecule has 1 aromatic rings. The van der Waals surface area contributed by atoms with E-state index in [1.807, 2.05) is 0 Å². The molecule has 190 valence electrons. The highest BCUT2D eigenvalue weighted by molar-refractivity contribution is 8.77. The monoisotopic (exact) mass is 521 g/mol. The Morgan fingerprint density at radius 3 is 2.63 bits per heavy atom. The fraction of sp³-hybridized carbons (Fsp3) is 0.522. The second kappa shape index (κ2) is 11.4. The second-order valence-corrected chi connectivity index (χ2v) is 12.5. The van der Waals surface area contributed by atoms with E-state index in [-0.39, 0.29) is 34.6 Å². The van der Waals surface area contributed by atoms with Crippen LogP contribution in [0.3, 0.4) is 0 Å². The van der Waals surface area contributed by atoms with E-state index in [2.05, 4.69) is 36.7 Å². The second-order valence-electron chi connectivity index (χ2n) is 9.33. The number of hydrogen-bond donors (Lipinski definition) is 4. The van der Waals surface area contributed by atoms with Crippen molar-refractivity contribution in [1.29, 1.82) is 0 Å². The maximum absolute atomic E-state index is 13.1. The zero-order valence-electron chi connectivity index (χ0n) is 20.0. The molecule has 12 heteroatoms. The molecule has 1 unspecified atom stereocenters. The third-order valence-electron chi connectivity index (χ3n) is 5.33. The molecule has 2 aliphatic rings. The molecule has 1 aromatic carbocycles. The van der Waals surface area contributed by atoms with Crippen molar-refractivity contribution in [2.24, 2.45) is 5.73 Å². The van der Waals surface area contributed by atoms with Gasteiger partial charge in [0.2, 0.25) is 17.7 Å². The molecule has 0 aliphatic carbocycles. The summed E-state index contributed by atoms with van der Waals surface area (Å²) < 4.78 is 0.0923. The molecule has 2 heterocycles. The van der Waals surface area contributed by atoms with E-state index >= 15 is 0 Å². The summed E-state index contributed by atoms with van der Waals surface area (Å²) in [5.74, 6) is -1.87. The Hall–Kier alpha value is -2.57. The number of anilines is 1. The fourth-order valence-electron chi connectivity index (χ4n) is 3.68. The highest BCUT2D eigenvalue weighted by Gasteiger charge is 2.45. The molecule has 1 saturated heterocycles. The highest BCUT2D eigenvalue weighted by Crippen LogP contribution is 2.35. The zero-order valence-corrected chi connectivity index (χ0v) is 21.6. The van der Waals surface area contributed by atoms with Crippen molar-refractivity contribution in [3.8, 4) is 0 Å². The largest absolute Gasteiger partial charge is 0.384 e. The van der Waals surface area contributed by atoms with Crippen LogP contribution in [0.25, 0.3) is 0 Å². The van der Waals surface area contributed by atoms with Crippen LogP contribution >= 0.6 is 21.6 Å². The third-order valence-corrected chi connectivity index (χ3v) is 8.70. The van der Waals surface area contributed by atoms with Crippen LogP contribution in [0.1, 0.15) is 60.7 Å². The first-order valence-electron chi connectivity index (χ1n) is 11.4. The molecule has 5 amide bonds. The normalized spacial score (nSPS) is 18.9. The van der Waals surface area contributed by atoms with Gasteiger partial charge in [0.25, 0.3) is 11.8 Å². The van der Waals surface area contributed by atoms with Crippen LogP contribution in [0.15, 0.2) is 18.2 Å². The Kier molecular flexibility index (Phi) is 8.84. The van der Waals surface area contributed by atoms with E-state index in [1.165, 1.54) is 0 Å². The molecule has 0 spiro atoms. The van der Waals surface area contributed by atoms with Crippen LogP contribution in [0.5, 0.6) is 0 Å². The number of imide groups is 2. The van der Waals surface area contributed by atoms with Crippen LogP contribution in [-0.4, -0.2) is 70.1 Å². The fourth-order valence-corrected chi connectivity index (χ4v) is 6.10. The predicted octanol–water partition coefficient (Wildman–Crippen LogP) is 1.51. The molecule has 1 fully saturated rings. The Labute approximate surface area is 212 Å². The summed E-state index contributed by atoms with van der Waals surface area (Å²) in [6, 6.07) is 3.30. The molecule has 0 bridgehead atoms. The average Bonchev–Trinajstić information content (AvgIpc) is 3.03. The number of piperidine rings is 1. The minimum Gasteiger partial charge on any atom is -0.384 e. The van der Waals surface area contributed by atoms with Gasteiger partial charge in [-0.25, -0.2) is 0 Å². The summed E-state index contributed by atoms with van der Waals surface area (Å²) in [5, 5.41) is 8.15. The Morgan fingerprint density at radius 1 is 1.20 bits per heavy atom. The van der Waals surface area contributed by atoms with Gasteiger partial charge in [-0.05, 0) is 25.0 Å². The van der Waals surface area contributed by atoms with Crippen LogP contribution in [0.4, 0.5) is 5.69 Å². The molecular formula is C23H31N5O5S2. The first-order valence-corrected chi connectivity index (χ1v) is 13.7. The van der Waals surface area contributed by atoms with Gasteiger partial charge in [-0.2, -0.15) is 0 Å². The smallest absolute Gasteiger partial charge is 0.264 e. The third kappa shape index (κ3) is 6.77. The molecule has 0 aromatic heterocycles. The van der Waals surface area contributed by atoms with Crippen LogP contribution in [-0.2, 0) is 14.4 Å². The zero-order chi connectivity index (χ0) is 25.8. The van der Waals surface area contributed by atoms with E-state index in [1.54, 1.807) is 39.8 Å². The van der Waals surface area contributed by atoms with Gasteiger partial charge in [-0.1, -0.05) is 48.4 Å². The number of nitrogens with zero attached hydrogens (tertiary/aromatic N) is 1. The topological polar surface area (TPSA) is 151 Å². The highest BCUT2D eigenvalue weighted by atomic mass is 33.1. The Balaban J connectivity index is 1.50. The van der Waals surface area contributed by atoms with Gasteiger partial charge in [-0.3, -0.25) is 34.2 Å². The quantitative estimate of drug-likeness (QED) is 0.204. The van der Waals surface area contributed by atoms with Gasteiger partial charge < -0.3 is 16.4 Å². The van der Waals surface area contributed by atoms with Crippen molar-refractivity contribution >= 4 is 56.8 Å². The summed E-state index contributed by atoms with van der Waals surface area (Å²) in [7, 11) is 3.26. The molecular weight excluding hydrogens is 490 g/mol. The van der Waals surface area contributed by atoms with Gasteiger partial charge in [-0.15, -0.1) is 0 Å². The van der Waals surface area contributed by atoms with Crippen molar-refractivity contribution in [2.75, 3.05) is 24.2 Å². The summed E-state index contributed by atoms with van der Waals surface area (Å²) >= 11 is 0. The molecule has 0 radical (unpaired) electrons. The number of carbonyl (C=O) groups is 5. The van der Waals surface area contributed by atoms with Crippen molar-refractivity contribution in [1.82, 2.24) is 15.5 Å². The predicted molar refractivity (Wildman–Crippen MR) is 137 cm³/mol. The molecule has 2 aliphatic heterocycles. The van der Waals surface area contributed by atoms with Crippen molar-refractivity contribution < 1.29 is 24.0 Å². The van der Waals surface area contributed by atoms with Crippen molar-refractivity contribution in [2.45, 2.75) is 56.9 Å². The molecule has 0 saturated carbocycles. The number of hydrogen-bond acceptors (Lipinski definition) is 9. The minimum atomic E-state index is -1.01. The van der Waals surface area contributed by atoms with E-state index < -0.39 is 35.7 Å². The number of rotatable bonds is 10. The maximum Gasteiger partial charge on any atom is 0.264 e. The van der Waals surface area contributed by atoms with Gasteiger partial charge in [0.1, 0.15) is 6.04 Å². The maximum atomic E-state index is 13.1. The lowest BCUT2D eigenvalue weighted by atomic mass is 10.0. The first-order chi connectivity index (χ1) is 16.5. The van der Waals surface area contributed by atoms with Gasteiger partial charge in [0, 0.05) is 35.7 Å². The van der Waals surface area contributed by atoms with Crippen molar-refractivity contribution in [3.05, 3.63) is 29.3 Å². The first kappa shape index (κ1) is 27.0. The van der Waals surface area contributed by atoms with Crippen LogP contribution in [0.2, 0.25) is 0 Å². The van der Waals surface area contributed by atoms with E-state index in [0.717, 1.165) is 4.90 Å². The van der Waals surface area contributed by atoms with Gasteiger partial charge in [0.15, 0.2) is 0 Å². The molecule has 3 rings (SSSR count). The van der Waals surface area contributed by atoms with E-state index in [4.69, 9.17) is 5.73 Å². The standard InChI is InChI=1S/C23H31N5O5S2/c1-23(2,3)35-34-12-14(24)19(30)26-11-5-10-25-15-7-4-6-13-18(15)22(33)28(21(13)32)16-8-9-17(29)27-20(16)31/h4,6-7,14,16,25H,5,8-12,24H2,1-3H3,(H,26,30)(H,27,29,31)/t14-,16?/m1/s1. The number of nitrogens with one attached hydrogen (secondary N) is 3. The van der Waals surface area contributed by atoms with Crippen LogP contribution in [0, 0.1) is 0 Å². The van der Waals surface area contributed by atoms with Gasteiger partial charge >= 0.3 is 0 Å². The lowest BCUT2D eigenvalue weighted by Gasteiger charge is -2.27. The van der Waals surface area contributed by atoms with Crippen LogP contribution < -0.4 is 21.7 Å². The Morgan fingerprint density at radius 2 is 1.94 bits per heavy atom. The SMILES string of the molecule is CC(C)(C)SSC[C@@H](N)C(=O)NCCCNc1cccc2c1C(=O)N(C1CCC(=O)NC1=O)C2=O. The molecule has 2 atom stereocenters. The minimum absolute atomic E-state index is 0.0679. The molecule has 35 heavy (non-hydrogen) atoms. The summed E-state index contributed by atoms with van der Waals surface area (Å²) in [5.41, 5.74) is 6.86. The van der Waals surface area contributed by atoms with E-state index in [0.29, 0.717) is 31.0 Å². The Bertz CT molecular complexity index is 1030. The summed E-state index contributed by atoms with van der Waals surface area (Å²) in [6.45, 7) is 7.14. The lowest BCUT2D eigenvalue weighted by molar-refractivity contribution is -0.136. The molecule has 10 nitrogen and oxygen atoms in total. The number of fused-ring (bicyclic) bond motifs is 1. The number of benzene rings is 1.